The Kier molecular flexibility index (Phi) is 2.91. The van der Waals surface area contributed by atoms with Gasteiger partial charge in [0.15, 0.2) is 5.78 Å². The number of nitrogens with one attached hydrogen (secondary N) is 1. The number of methoxy groups -OCH3 is 1. The van der Waals surface area contributed by atoms with E-state index in [1.165, 1.54) is 14.0 Å². The SMILES string of the molecule is COC(=O)NC(C(C)=O)C1C[C@@H]2C(C)[C@@H]2C1. The number of alkyl carbamates (subject to hydrolysis) is 1. The van der Waals surface area contributed by atoms with Crippen molar-refractivity contribution in [1.82, 2.24) is 5.32 Å². The molecule has 2 aliphatic rings. The quantitative estimate of drug-likeness (QED) is 0.793. The van der Waals surface area contributed by atoms with Crippen LogP contribution in [0.5, 0.6) is 0 Å². The lowest BCUT2D eigenvalue weighted by Crippen LogP contribution is -2.44. The molecule has 0 heterocycles. The van der Waals surface area contributed by atoms with Crippen LogP contribution in [0.25, 0.3) is 0 Å². The summed E-state index contributed by atoms with van der Waals surface area (Å²) < 4.78 is 4.55. The molecule has 0 aromatic heterocycles. The zero-order valence-corrected chi connectivity index (χ0v) is 10.0. The Morgan fingerprint density at radius 1 is 1.31 bits per heavy atom. The van der Waals surface area contributed by atoms with Crippen molar-refractivity contribution < 1.29 is 14.3 Å². The first-order chi connectivity index (χ1) is 7.54. The van der Waals surface area contributed by atoms with Gasteiger partial charge in [0.2, 0.25) is 0 Å². The molecule has 1 amide bonds. The molecular weight excluding hydrogens is 206 g/mol. The van der Waals surface area contributed by atoms with Crippen LogP contribution in [0.3, 0.4) is 0 Å². The van der Waals surface area contributed by atoms with Gasteiger partial charge in [0.05, 0.1) is 13.2 Å². The lowest BCUT2D eigenvalue weighted by Gasteiger charge is -2.23. The van der Waals surface area contributed by atoms with E-state index in [2.05, 4.69) is 17.0 Å². The van der Waals surface area contributed by atoms with Crippen LogP contribution in [0.4, 0.5) is 4.79 Å². The molecule has 0 bridgehead atoms. The summed E-state index contributed by atoms with van der Waals surface area (Å²) in [5.41, 5.74) is 0. The lowest BCUT2D eigenvalue weighted by atomic mass is 9.90. The third kappa shape index (κ3) is 1.93. The molecule has 0 saturated heterocycles. The van der Waals surface area contributed by atoms with E-state index < -0.39 is 6.09 Å². The number of fused-ring (bicyclic) bond motifs is 1. The molecular formula is C12H19NO3. The molecule has 5 atom stereocenters. The van der Waals surface area contributed by atoms with Gasteiger partial charge < -0.3 is 10.1 Å². The van der Waals surface area contributed by atoms with Gasteiger partial charge in [-0.25, -0.2) is 4.79 Å². The first-order valence-corrected chi connectivity index (χ1v) is 5.89. The highest BCUT2D eigenvalue weighted by Crippen LogP contribution is 2.59. The van der Waals surface area contributed by atoms with Gasteiger partial charge in [-0.2, -0.15) is 0 Å². The highest BCUT2D eigenvalue weighted by atomic mass is 16.5. The minimum Gasteiger partial charge on any atom is -0.453 e. The molecule has 0 radical (unpaired) electrons. The van der Waals surface area contributed by atoms with Crippen LogP contribution in [-0.2, 0) is 9.53 Å². The van der Waals surface area contributed by atoms with Crippen molar-refractivity contribution in [3.8, 4) is 0 Å². The normalized spacial score (nSPS) is 37.4. The van der Waals surface area contributed by atoms with Gasteiger partial charge in [-0.1, -0.05) is 6.92 Å². The second kappa shape index (κ2) is 4.07. The first-order valence-electron chi connectivity index (χ1n) is 5.89. The summed E-state index contributed by atoms with van der Waals surface area (Å²) in [6.45, 7) is 3.80. The summed E-state index contributed by atoms with van der Waals surface area (Å²) in [5.74, 6) is 2.73. The average Bonchev–Trinajstić information content (AvgIpc) is 2.67. The number of ether oxygens (including phenoxy) is 1. The van der Waals surface area contributed by atoms with Gasteiger partial charge in [-0.3, -0.25) is 4.79 Å². The number of ketones is 1. The Morgan fingerprint density at radius 2 is 1.88 bits per heavy atom. The third-order valence-electron chi connectivity index (χ3n) is 4.28. The van der Waals surface area contributed by atoms with Crippen LogP contribution in [0.2, 0.25) is 0 Å². The van der Waals surface area contributed by atoms with E-state index >= 15 is 0 Å². The number of Topliss-reactive ketones (excluding diaryl/α,β-unsaturated/α-hetero) is 1. The smallest absolute Gasteiger partial charge is 0.407 e. The van der Waals surface area contributed by atoms with Crippen LogP contribution in [0.1, 0.15) is 26.7 Å². The van der Waals surface area contributed by atoms with Crippen molar-refractivity contribution in [2.45, 2.75) is 32.7 Å². The minimum absolute atomic E-state index is 0.0318. The standard InChI is InChI=1S/C12H19NO3/c1-6-9-4-8(5-10(6)9)11(7(2)14)13-12(15)16-3/h6,8-11H,4-5H2,1-3H3,(H,13,15)/t6?,8?,9-,10+,11?. The Labute approximate surface area is 95.7 Å². The summed E-state index contributed by atoms with van der Waals surface area (Å²) in [6.07, 6.45) is 1.63. The van der Waals surface area contributed by atoms with Gasteiger partial charge in [0.1, 0.15) is 0 Å². The lowest BCUT2D eigenvalue weighted by molar-refractivity contribution is -0.120. The van der Waals surface area contributed by atoms with Crippen LogP contribution in [0, 0.1) is 23.7 Å². The summed E-state index contributed by atoms with van der Waals surface area (Å²) in [4.78, 5) is 22.7. The topological polar surface area (TPSA) is 55.4 Å². The number of rotatable bonds is 3. The molecule has 2 fully saturated rings. The molecule has 16 heavy (non-hydrogen) atoms. The van der Waals surface area contributed by atoms with Crippen molar-refractivity contribution in [2.75, 3.05) is 7.11 Å². The zero-order valence-electron chi connectivity index (χ0n) is 10.0. The maximum atomic E-state index is 11.5. The fraction of sp³-hybridized carbons (Fsp3) is 0.833. The maximum absolute atomic E-state index is 11.5. The first kappa shape index (κ1) is 11.4. The number of hydrogen-bond acceptors (Lipinski definition) is 3. The maximum Gasteiger partial charge on any atom is 0.407 e. The molecule has 4 nitrogen and oxygen atoms in total. The predicted molar refractivity (Wildman–Crippen MR) is 58.9 cm³/mol. The molecule has 90 valence electrons. The molecule has 1 N–H and O–H groups in total. The zero-order chi connectivity index (χ0) is 11.9. The monoisotopic (exact) mass is 225 g/mol. The highest BCUT2D eigenvalue weighted by molar-refractivity contribution is 5.85. The molecule has 0 aromatic rings. The van der Waals surface area contributed by atoms with E-state index in [-0.39, 0.29) is 11.8 Å². The fourth-order valence-corrected chi connectivity index (χ4v) is 3.22. The van der Waals surface area contributed by atoms with E-state index in [1.54, 1.807) is 0 Å². The van der Waals surface area contributed by atoms with Crippen LogP contribution in [-0.4, -0.2) is 25.0 Å². The Morgan fingerprint density at radius 3 is 2.31 bits per heavy atom. The van der Waals surface area contributed by atoms with Gasteiger partial charge in [0, 0.05) is 0 Å². The van der Waals surface area contributed by atoms with Crippen LogP contribution < -0.4 is 5.32 Å². The minimum atomic E-state index is -0.506. The molecule has 0 aromatic carbocycles. The number of hydrogen-bond donors (Lipinski definition) is 1. The second-order valence-corrected chi connectivity index (χ2v) is 5.14. The third-order valence-corrected chi connectivity index (χ3v) is 4.28. The second-order valence-electron chi connectivity index (χ2n) is 5.14. The van der Waals surface area contributed by atoms with Crippen LogP contribution >= 0.6 is 0 Å². The number of amides is 1. The van der Waals surface area contributed by atoms with Crippen molar-refractivity contribution in [3.05, 3.63) is 0 Å². The van der Waals surface area contributed by atoms with E-state index in [4.69, 9.17) is 0 Å². The van der Waals surface area contributed by atoms with E-state index in [1.807, 2.05) is 0 Å². The van der Waals surface area contributed by atoms with Crippen molar-refractivity contribution in [2.24, 2.45) is 23.7 Å². The molecule has 4 heteroatoms. The number of carbonyl (C=O) groups is 2. The van der Waals surface area contributed by atoms with Gasteiger partial charge in [-0.05, 0) is 43.4 Å². The fourth-order valence-electron chi connectivity index (χ4n) is 3.22. The Balaban J connectivity index is 1.93. The molecule has 3 unspecified atom stereocenters. The molecule has 2 aliphatic carbocycles. The molecule has 2 saturated carbocycles. The highest BCUT2D eigenvalue weighted by Gasteiger charge is 2.55. The summed E-state index contributed by atoms with van der Waals surface area (Å²) >= 11 is 0. The molecule has 2 rings (SSSR count). The largest absolute Gasteiger partial charge is 0.453 e. The molecule has 0 aliphatic heterocycles. The van der Waals surface area contributed by atoms with E-state index in [0.717, 1.165) is 30.6 Å². The number of carbonyl (C=O) groups excluding carboxylic acids is 2. The van der Waals surface area contributed by atoms with E-state index in [0.29, 0.717) is 5.92 Å². The average molecular weight is 225 g/mol. The summed E-state index contributed by atoms with van der Waals surface area (Å²) in [7, 11) is 1.32. The molecule has 0 spiro atoms. The van der Waals surface area contributed by atoms with Gasteiger partial charge in [0.25, 0.3) is 0 Å². The summed E-state index contributed by atoms with van der Waals surface area (Å²) in [6, 6.07) is -0.354. The summed E-state index contributed by atoms with van der Waals surface area (Å²) in [5, 5.41) is 2.65. The van der Waals surface area contributed by atoms with Crippen molar-refractivity contribution in [3.63, 3.8) is 0 Å². The van der Waals surface area contributed by atoms with Crippen molar-refractivity contribution in [1.29, 1.82) is 0 Å². The Hall–Kier alpha value is -1.06. The van der Waals surface area contributed by atoms with Crippen LogP contribution in [0.15, 0.2) is 0 Å². The van der Waals surface area contributed by atoms with Gasteiger partial charge >= 0.3 is 6.09 Å². The van der Waals surface area contributed by atoms with Crippen molar-refractivity contribution >= 4 is 11.9 Å². The Bertz CT molecular complexity index is 303. The van der Waals surface area contributed by atoms with Gasteiger partial charge in [-0.15, -0.1) is 0 Å². The predicted octanol–water partition coefficient (Wildman–Crippen LogP) is 1.59. The van der Waals surface area contributed by atoms with E-state index in [9.17, 15) is 9.59 Å².